The molecule has 0 aliphatic heterocycles. The highest BCUT2D eigenvalue weighted by atomic mass is 32.2. The van der Waals surface area contributed by atoms with Gasteiger partial charge >= 0.3 is 5.97 Å². The second kappa shape index (κ2) is 14.8. The summed E-state index contributed by atoms with van der Waals surface area (Å²) in [6, 6.07) is 31.8. The molecule has 0 heterocycles. The molecule has 4 aromatic carbocycles. The summed E-state index contributed by atoms with van der Waals surface area (Å²) in [5.74, 6) is 0.162. The summed E-state index contributed by atoms with van der Waals surface area (Å²) in [7, 11) is -4.02. The Morgan fingerprint density at radius 3 is 1.85 bits per heavy atom. The van der Waals surface area contributed by atoms with Crippen molar-refractivity contribution in [1.82, 2.24) is 0 Å². The van der Waals surface area contributed by atoms with Crippen LogP contribution >= 0.6 is 0 Å². The van der Waals surface area contributed by atoms with E-state index in [1.165, 1.54) is 12.1 Å². The third-order valence-electron chi connectivity index (χ3n) is 5.45. The van der Waals surface area contributed by atoms with Gasteiger partial charge in [-0.1, -0.05) is 90.5 Å². The van der Waals surface area contributed by atoms with E-state index in [0.717, 1.165) is 22.3 Å². The second-order valence-electron chi connectivity index (χ2n) is 8.67. The lowest BCUT2D eigenvalue weighted by atomic mass is 10.1. The summed E-state index contributed by atoms with van der Waals surface area (Å²) in [4.78, 5) is 22.5. The van der Waals surface area contributed by atoms with Crippen LogP contribution in [0.5, 0.6) is 5.75 Å². The Balaban J connectivity index is 0.000000320. The number of esters is 1. The molecule has 0 unspecified atom stereocenters. The normalized spacial score (nSPS) is 11.6. The van der Waals surface area contributed by atoms with Crippen molar-refractivity contribution in [1.29, 1.82) is 0 Å². The van der Waals surface area contributed by atoms with Gasteiger partial charge in [-0.15, -0.1) is 0 Å². The van der Waals surface area contributed by atoms with Gasteiger partial charge in [0, 0.05) is 0 Å². The standard InChI is InChI=1S/C23H23NO4.C7H8O3S/c24-22(23(25)26-16-19-7-3-1-4-8-19)15-18-11-13-21(14-12-18)28-27-17-20-9-5-2-6-10-20;1-6-2-4-7(5-3-6)11(8,9)10/h1-14,22H,15-17,24H2;2-5H,1H3,(H,8,9,10)/t22-;/m0./s1. The molecule has 0 saturated heterocycles. The molecule has 4 aromatic rings. The van der Waals surface area contributed by atoms with Crippen LogP contribution in [0.2, 0.25) is 0 Å². The lowest BCUT2D eigenvalue weighted by molar-refractivity contribution is -0.217. The third kappa shape index (κ3) is 10.7. The molecule has 0 aliphatic carbocycles. The molecule has 0 aliphatic rings. The van der Waals surface area contributed by atoms with E-state index >= 15 is 0 Å². The Kier molecular flexibility index (Phi) is 11.2. The van der Waals surface area contributed by atoms with Crippen molar-refractivity contribution in [3.63, 3.8) is 0 Å². The zero-order valence-electron chi connectivity index (χ0n) is 21.5. The minimum Gasteiger partial charge on any atom is -0.460 e. The van der Waals surface area contributed by atoms with E-state index in [2.05, 4.69) is 0 Å². The van der Waals surface area contributed by atoms with Crippen LogP contribution in [0.1, 0.15) is 22.3 Å². The maximum atomic E-state index is 12.1. The molecule has 8 nitrogen and oxygen atoms in total. The van der Waals surface area contributed by atoms with E-state index in [0.29, 0.717) is 18.8 Å². The topological polar surface area (TPSA) is 125 Å². The number of rotatable bonds is 10. The number of nitrogens with two attached hydrogens (primary N) is 1. The first-order chi connectivity index (χ1) is 18.7. The first-order valence-electron chi connectivity index (χ1n) is 12.1. The first-order valence-corrected chi connectivity index (χ1v) is 13.6. The molecule has 0 saturated carbocycles. The van der Waals surface area contributed by atoms with E-state index in [1.807, 2.05) is 79.7 Å². The summed E-state index contributed by atoms with van der Waals surface area (Å²) < 4.78 is 34.8. The second-order valence-corrected chi connectivity index (χ2v) is 10.1. The van der Waals surface area contributed by atoms with E-state index in [1.54, 1.807) is 24.3 Å². The molecule has 4 rings (SSSR count). The monoisotopic (exact) mass is 549 g/mol. The van der Waals surface area contributed by atoms with E-state index in [9.17, 15) is 13.2 Å². The Morgan fingerprint density at radius 2 is 1.31 bits per heavy atom. The largest absolute Gasteiger partial charge is 0.460 e. The number of benzene rings is 4. The van der Waals surface area contributed by atoms with Crippen LogP contribution in [0.4, 0.5) is 0 Å². The molecular weight excluding hydrogens is 518 g/mol. The van der Waals surface area contributed by atoms with E-state index < -0.39 is 22.1 Å². The molecule has 0 spiro atoms. The average molecular weight is 550 g/mol. The molecule has 0 fully saturated rings. The molecule has 3 N–H and O–H groups in total. The van der Waals surface area contributed by atoms with Crippen molar-refractivity contribution in [2.75, 3.05) is 0 Å². The van der Waals surface area contributed by atoms with Crippen molar-refractivity contribution in [2.24, 2.45) is 5.73 Å². The van der Waals surface area contributed by atoms with Crippen LogP contribution in [-0.2, 0) is 44.2 Å². The summed E-state index contributed by atoms with van der Waals surface area (Å²) in [5.41, 5.74) is 9.80. The van der Waals surface area contributed by atoms with Gasteiger partial charge in [-0.2, -0.15) is 13.3 Å². The fourth-order valence-corrected chi connectivity index (χ4v) is 3.78. The summed E-state index contributed by atoms with van der Waals surface area (Å²) in [5, 5.41) is 0. The summed E-state index contributed by atoms with van der Waals surface area (Å²) in [6.07, 6.45) is 0.388. The van der Waals surface area contributed by atoms with Crippen LogP contribution in [0.3, 0.4) is 0 Å². The Hall–Kier alpha value is -4.02. The van der Waals surface area contributed by atoms with Gasteiger partial charge in [0.15, 0.2) is 5.75 Å². The molecule has 39 heavy (non-hydrogen) atoms. The molecule has 0 amide bonds. The Bertz CT molecular complexity index is 1390. The maximum Gasteiger partial charge on any atom is 0.323 e. The van der Waals surface area contributed by atoms with Gasteiger partial charge in [0.2, 0.25) is 0 Å². The number of ether oxygens (including phenoxy) is 1. The zero-order chi connectivity index (χ0) is 28.1. The van der Waals surface area contributed by atoms with Crippen LogP contribution in [0, 0.1) is 6.92 Å². The Labute approximate surface area is 228 Å². The highest BCUT2D eigenvalue weighted by Gasteiger charge is 2.16. The lowest BCUT2D eigenvalue weighted by Gasteiger charge is -2.12. The predicted octanol–water partition coefficient (Wildman–Crippen LogP) is 5.05. The van der Waals surface area contributed by atoms with Gasteiger partial charge in [-0.25, -0.2) is 0 Å². The quantitative estimate of drug-likeness (QED) is 0.122. The molecular formula is C30H31NO7S. The van der Waals surface area contributed by atoms with E-state index in [-0.39, 0.29) is 11.5 Å². The fourth-order valence-electron chi connectivity index (χ4n) is 3.30. The maximum absolute atomic E-state index is 12.1. The summed E-state index contributed by atoms with van der Waals surface area (Å²) >= 11 is 0. The lowest BCUT2D eigenvalue weighted by Crippen LogP contribution is -2.34. The van der Waals surface area contributed by atoms with Gasteiger partial charge in [0.1, 0.15) is 19.3 Å². The zero-order valence-corrected chi connectivity index (χ0v) is 22.3. The van der Waals surface area contributed by atoms with Crippen LogP contribution in [0.25, 0.3) is 0 Å². The predicted molar refractivity (Wildman–Crippen MR) is 147 cm³/mol. The number of aryl methyl sites for hydroxylation is 1. The minimum atomic E-state index is -4.02. The molecule has 0 radical (unpaired) electrons. The van der Waals surface area contributed by atoms with Gasteiger partial charge in [0.05, 0.1) is 4.90 Å². The van der Waals surface area contributed by atoms with E-state index in [4.69, 9.17) is 24.8 Å². The molecule has 204 valence electrons. The number of hydrogen-bond acceptors (Lipinski definition) is 7. The average Bonchev–Trinajstić information content (AvgIpc) is 2.94. The van der Waals surface area contributed by atoms with Gasteiger partial charge < -0.3 is 15.4 Å². The third-order valence-corrected chi connectivity index (χ3v) is 6.32. The van der Waals surface area contributed by atoms with Crippen molar-refractivity contribution in [3.8, 4) is 5.75 Å². The number of carbonyl (C=O) groups is 1. The van der Waals surface area contributed by atoms with Gasteiger partial charge in [-0.05, 0) is 54.3 Å². The number of carbonyl (C=O) groups excluding carboxylic acids is 1. The molecule has 0 aromatic heterocycles. The summed E-state index contributed by atoms with van der Waals surface area (Å²) in [6.45, 7) is 2.42. The fraction of sp³-hybridized carbons (Fsp3) is 0.167. The van der Waals surface area contributed by atoms with Crippen LogP contribution in [-0.4, -0.2) is 25.0 Å². The Morgan fingerprint density at radius 1 is 0.769 bits per heavy atom. The number of hydrogen-bond donors (Lipinski definition) is 2. The van der Waals surface area contributed by atoms with Crippen LogP contribution < -0.4 is 10.6 Å². The molecule has 0 bridgehead atoms. The van der Waals surface area contributed by atoms with Crippen LogP contribution in [0.15, 0.2) is 114 Å². The van der Waals surface area contributed by atoms with Crippen molar-refractivity contribution >= 4 is 16.1 Å². The van der Waals surface area contributed by atoms with Crippen molar-refractivity contribution in [2.45, 2.75) is 37.5 Å². The van der Waals surface area contributed by atoms with Gasteiger partial charge in [0.25, 0.3) is 10.1 Å². The first kappa shape index (κ1) is 29.5. The highest BCUT2D eigenvalue weighted by Crippen LogP contribution is 2.15. The van der Waals surface area contributed by atoms with Crippen molar-refractivity contribution in [3.05, 3.63) is 131 Å². The highest BCUT2D eigenvalue weighted by molar-refractivity contribution is 7.85. The molecule has 1 atom stereocenters. The van der Waals surface area contributed by atoms with Gasteiger partial charge in [-0.3, -0.25) is 9.35 Å². The minimum absolute atomic E-state index is 0.0666. The SMILES string of the molecule is Cc1ccc(S(=O)(=O)O)cc1.N[C@@H](Cc1ccc(OOCc2ccccc2)cc1)C(=O)OCc1ccccc1. The molecule has 9 heteroatoms. The smallest absolute Gasteiger partial charge is 0.323 e. The van der Waals surface area contributed by atoms with Crippen molar-refractivity contribution < 1.29 is 32.3 Å².